The van der Waals surface area contributed by atoms with Crippen LogP contribution in [0.4, 0.5) is 11.5 Å². The molecule has 1 unspecified atom stereocenters. The number of nitrogens with two attached hydrogens (primary N) is 1. The smallest absolute Gasteiger partial charge is 0.239 e. The Balaban J connectivity index is 2.73. The maximum absolute atomic E-state index is 5.87. The van der Waals surface area contributed by atoms with Crippen LogP contribution >= 0.6 is 0 Å². The molecule has 0 aliphatic heterocycles. The quantitative estimate of drug-likeness (QED) is 0.829. The topological polar surface area (TPSA) is 69.4 Å². The van der Waals surface area contributed by atoms with E-state index in [1.54, 1.807) is 13.2 Å². The molecule has 3 N–H and O–H groups in total. The molecule has 0 amide bonds. The highest BCUT2D eigenvalue weighted by molar-refractivity contribution is 5.54. The number of nitrogen functional groups attached to an aromatic ring is 1. The molecule has 0 saturated carbocycles. The van der Waals surface area contributed by atoms with E-state index in [4.69, 9.17) is 15.2 Å². The third-order valence-corrected chi connectivity index (χ3v) is 2.44. The molecule has 0 bridgehead atoms. The van der Waals surface area contributed by atoms with Gasteiger partial charge < -0.3 is 20.5 Å². The molecule has 5 heteroatoms. The van der Waals surface area contributed by atoms with Crippen molar-refractivity contribution < 1.29 is 9.47 Å². The van der Waals surface area contributed by atoms with E-state index >= 15 is 0 Å². The second kappa shape index (κ2) is 6.61. The van der Waals surface area contributed by atoms with E-state index in [1.165, 1.54) is 0 Å². The summed E-state index contributed by atoms with van der Waals surface area (Å²) in [5.74, 6) is 1.23. The first-order valence-corrected chi connectivity index (χ1v) is 6.53. The lowest BCUT2D eigenvalue weighted by molar-refractivity contribution is 0.125. The van der Waals surface area contributed by atoms with Crippen LogP contribution in [0, 0.1) is 0 Å². The van der Waals surface area contributed by atoms with E-state index in [2.05, 4.69) is 17.2 Å². The fourth-order valence-corrected chi connectivity index (χ4v) is 1.52. The highest BCUT2D eigenvalue weighted by Crippen LogP contribution is 2.25. The summed E-state index contributed by atoms with van der Waals surface area (Å²) < 4.78 is 10.8. The van der Waals surface area contributed by atoms with Crippen molar-refractivity contribution in [2.75, 3.05) is 24.8 Å². The fourth-order valence-electron chi connectivity index (χ4n) is 1.52. The first kappa shape index (κ1) is 15.6. The van der Waals surface area contributed by atoms with Gasteiger partial charge in [0.05, 0.1) is 5.69 Å². The highest BCUT2D eigenvalue weighted by Gasteiger charge is 2.15. The Morgan fingerprint density at radius 2 is 2.05 bits per heavy atom. The molecule has 1 aromatic rings. The molecule has 1 rings (SSSR count). The number of ether oxygens (including phenoxy) is 2. The van der Waals surface area contributed by atoms with Gasteiger partial charge in [-0.15, -0.1) is 0 Å². The molecular formula is C14H25N3O2. The maximum atomic E-state index is 5.87. The molecule has 0 spiro atoms. The first-order valence-electron chi connectivity index (χ1n) is 6.53. The predicted octanol–water partition coefficient (Wildman–Crippen LogP) is 2.68. The second-order valence-electron chi connectivity index (χ2n) is 5.63. The van der Waals surface area contributed by atoms with Crippen LogP contribution in [0.25, 0.3) is 0 Å². The summed E-state index contributed by atoms with van der Waals surface area (Å²) >= 11 is 0. The molecule has 0 aliphatic rings. The standard InChI is InChI=1S/C14H25N3O2/c1-10(8-9-18-5)16-12-7-6-11(15)13(17-12)19-14(2,3)4/h6-7,10H,8-9,15H2,1-5H3,(H,16,17). The van der Waals surface area contributed by atoms with Crippen LogP contribution in [0.5, 0.6) is 5.88 Å². The summed E-state index contributed by atoms with van der Waals surface area (Å²) in [6.45, 7) is 8.70. The number of nitrogens with one attached hydrogen (secondary N) is 1. The first-order chi connectivity index (χ1) is 8.81. The Morgan fingerprint density at radius 3 is 2.63 bits per heavy atom. The number of hydrogen-bond acceptors (Lipinski definition) is 5. The Labute approximate surface area is 115 Å². The second-order valence-corrected chi connectivity index (χ2v) is 5.63. The zero-order chi connectivity index (χ0) is 14.5. The lowest BCUT2D eigenvalue weighted by Gasteiger charge is -2.22. The minimum Gasteiger partial charge on any atom is -0.470 e. The van der Waals surface area contributed by atoms with Gasteiger partial charge in [0.15, 0.2) is 0 Å². The van der Waals surface area contributed by atoms with E-state index in [1.807, 2.05) is 26.8 Å². The van der Waals surface area contributed by atoms with Crippen molar-refractivity contribution in [2.45, 2.75) is 45.8 Å². The van der Waals surface area contributed by atoms with Gasteiger partial charge in [-0.1, -0.05) is 0 Å². The molecule has 0 fully saturated rings. The number of pyridine rings is 1. The van der Waals surface area contributed by atoms with Gasteiger partial charge in [0.25, 0.3) is 0 Å². The lowest BCUT2D eigenvalue weighted by atomic mass is 10.2. The minimum absolute atomic E-state index is 0.276. The molecule has 108 valence electrons. The van der Waals surface area contributed by atoms with Crippen molar-refractivity contribution in [3.8, 4) is 5.88 Å². The summed E-state index contributed by atoms with van der Waals surface area (Å²) in [7, 11) is 1.70. The average Bonchev–Trinajstić information content (AvgIpc) is 2.29. The van der Waals surface area contributed by atoms with Crippen LogP contribution in [-0.4, -0.2) is 30.3 Å². The van der Waals surface area contributed by atoms with Crippen LogP contribution in [0.2, 0.25) is 0 Å². The van der Waals surface area contributed by atoms with E-state index < -0.39 is 0 Å². The van der Waals surface area contributed by atoms with Gasteiger partial charge in [0, 0.05) is 19.8 Å². The Bertz CT molecular complexity index is 402. The molecule has 1 heterocycles. The van der Waals surface area contributed by atoms with E-state index in [-0.39, 0.29) is 11.6 Å². The summed E-state index contributed by atoms with van der Waals surface area (Å²) in [4.78, 5) is 4.41. The van der Waals surface area contributed by atoms with Gasteiger partial charge in [-0.3, -0.25) is 0 Å². The van der Waals surface area contributed by atoms with Crippen molar-refractivity contribution in [1.82, 2.24) is 4.98 Å². The molecular weight excluding hydrogens is 242 g/mol. The summed E-state index contributed by atoms with van der Waals surface area (Å²) in [6.07, 6.45) is 0.915. The monoisotopic (exact) mass is 267 g/mol. The zero-order valence-electron chi connectivity index (χ0n) is 12.5. The third kappa shape index (κ3) is 5.79. The molecule has 0 aromatic carbocycles. The molecule has 0 aliphatic carbocycles. The van der Waals surface area contributed by atoms with E-state index in [0.717, 1.165) is 12.2 Å². The predicted molar refractivity (Wildman–Crippen MR) is 78.6 cm³/mol. The Hall–Kier alpha value is -1.49. The van der Waals surface area contributed by atoms with Gasteiger partial charge in [0.1, 0.15) is 11.4 Å². The van der Waals surface area contributed by atoms with Gasteiger partial charge in [0.2, 0.25) is 5.88 Å². The van der Waals surface area contributed by atoms with Crippen molar-refractivity contribution >= 4 is 11.5 Å². The number of methoxy groups -OCH3 is 1. The largest absolute Gasteiger partial charge is 0.470 e. The molecule has 1 atom stereocenters. The Kier molecular flexibility index (Phi) is 5.42. The van der Waals surface area contributed by atoms with Crippen LogP contribution in [0.1, 0.15) is 34.1 Å². The summed E-state index contributed by atoms with van der Waals surface area (Å²) in [6, 6.07) is 3.94. The van der Waals surface area contributed by atoms with Crippen LogP contribution in [0.15, 0.2) is 12.1 Å². The van der Waals surface area contributed by atoms with Crippen molar-refractivity contribution in [3.05, 3.63) is 12.1 Å². The lowest BCUT2D eigenvalue weighted by Crippen LogP contribution is -2.25. The molecule has 0 saturated heterocycles. The van der Waals surface area contributed by atoms with Crippen molar-refractivity contribution in [3.63, 3.8) is 0 Å². The number of aromatic nitrogens is 1. The number of anilines is 2. The molecule has 5 nitrogen and oxygen atoms in total. The van der Waals surface area contributed by atoms with Gasteiger partial charge in [-0.25, -0.2) is 0 Å². The number of hydrogen-bond donors (Lipinski definition) is 2. The van der Waals surface area contributed by atoms with Gasteiger partial charge in [-0.05, 0) is 46.2 Å². The number of nitrogens with zero attached hydrogens (tertiary/aromatic N) is 1. The molecule has 0 radical (unpaired) electrons. The van der Waals surface area contributed by atoms with Gasteiger partial charge in [-0.2, -0.15) is 4.98 Å². The normalized spacial score (nSPS) is 13.1. The third-order valence-electron chi connectivity index (χ3n) is 2.44. The zero-order valence-corrected chi connectivity index (χ0v) is 12.5. The minimum atomic E-state index is -0.318. The van der Waals surface area contributed by atoms with E-state index in [0.29, 0.717) is 18.2 Å². The SMILES string of the molecule is COCCC(C)Nc1ccc(N)c(OC(C)(C)C)n1. The van der Waals surface area contributed by atoms with E-state index in [9.17, 15) is 0 Å². The van der Waals surface area contributed by atoms with Crippen LogP contribution in [-0.2, 0) is 4.74 Å². The number of rotatable bonds is 6. The van der Waals surface area contributed by atoms with Crippen molar-refractivity contribution in [2.24, 2.45) is 0 Å². The molecule has 19 heavy (non-hydrogen) atoms. The average molecular weight is 267 g/mol. The van der Waals surface area contributed by atoms with Gasteiger partial charge >= 0.3 is 0 Å². The van der Waals surface area contributed by atoms with Crippen molar-refractivity contribution in [1.29, 1.82) is 0 Å². The summed E-state index contributed by atoms with van der Waals surface area (Å²) in [5, 5.41) is 3.30. The van der Waals surface area contributed by atoms with Crippen LogP contribution < -0.4 is 15.8 Å². The van der Waals surface area contributed by atoms with Crippen LogP contribution in [0.3, 0.4) is 0 Å². The summed E-state index contributed by atoms with van der Waals surface area (Å²) in [5.41, 5.74) is 6.10. The fraction of sp³-hybridized carbons (Fsp3) is 0.643. The maximum Gasteiger partial charge on any atom is 0.239 e. The highest BCUT2D eigenvalue weighted by atomic mass is 16.5. The molecule has 1 aromatic heterocycles. The Morgan fingerprint density at radius 1 is 1.37 bits per heavy atom.